The first-order chi connectivity index (χ1) is 13.7. The molecule has 1 saturated heterocycles. The van der Waals surface area contributed by atoms with Crippen molar-refractivity contribution >= 4 is 22.7 Å². The Balaban J connectivity index is 1.80. The number of methoxy groups -OCH3 is 1. The molecule has 7 heteroatoms. The van der Waals surface area contributed by atoms with E-state index >= 15 is 0 Å². The number of ether oxygens (including phenoxy) is 1. The van der Waals surface area contributed by atoms with Crippen LogP contribution in [0.2, 0.25) is 0 Å². The molecule has 1 aromatic heterocycles. The van der Waals surface area contributed by atoms with Crippen LogP contribution in [-0.2, 0) is 11.2 Å². The number of nitrogens with one attached hydrogen (secondary N) is 1. The quantitative estimate of drug-likeness (QED) is 0.683. The third-order valence-electron chi connectivity index (χ3n) is 5.07. The summed E-state index contributed by atoms with van der Waals surface area (Å²) in [4.78, 5) is 18.4. The summed E-state index contributed by atoms with van der Waals surface area (Å²) in [6.07, 6.45) is 0.644. The summed E-state index contributed by atoms with van der Waals surface area (Å²) >= 11 is 0. The number of carboxylic acid groups (broad SMARTS) is 1. The third kappa shape index (κ3) is 3.58. The van der Waals surface area contributed by atoms with E-state index in [1.807, 2.05) is 6.07 Å². The summed E-state index contributed by atoms with van der Waals surface area (Å²) < 4.78 is 7.35. The predicted molar refractivity (Wildman–Crippen MR) is 109 cm³/mol. The predicted octanol–water partition coefficient (Wildman–Crippen LogP) is 2.32. The summed E-state index contributed by atoms with van der Waals surface area (Å²) in [7, 11) is 1.67. The minimum Gasteiger partial charge on any atom is -0.478 e. The number of aromatic carboxylic acids is 1. The monoisotopic (exact) mass is 380 g/mol. The Morgan fingerprint density at radius 1 is 1.18 bits per heavy atom. The molecule has 7 nitrogen and oxygen atoms in total. The van der Waals surface area contributed by atoms with Gasteiger partial charge in [0.1, 0.15) is 5.82 Å². The minimum atomic E-state index is -0.949. The number of anilines is 1. The number of fused-ring (bicyclic) bond motifs is 1. The van der Waals surface area contributed by atoms with E-state index in [0.717, 1.165) is 43.2 Å². The van der Waals surface area contributed by atoms with E-state index in [1.54, 1.807) is 19.2 Å². The standard InChI is InChI=1S/C21H24N4O3/c1-28-12-7-20-23-18-13-15(21(26)27)5-6-19(18)25(20)17-4-2-3-16(14-17)24-10-8-22-9-11-24/h2-6,13-14,22H,7-12H2,1H3,(H,26,27). The Labute approximate surface area is 163 Å². The molecule has 2 heterocycles. The maximum absolute atomic E-state index is 11.3. The number of rotatable bonds is 6. The Kier molecular flexibility index (Phi) is 5.27. The first-order valence-electron chi connectivity index (χ1n) is 9.47. The average Bonchev–Trinajstić information content (AvgIpc) is 3.10. The van der Waals surface area contributed by atoms with E-state index in [2.05, 4.69) is 39.0 Å². The number of benzene rings is 2. The average molecular weight is 380 g/mol. The molecule has 0 bridgehead atoms. The molecule has 0 aliphatic carbocycles. The van der Waals surface area contributed by atoms with E-state index < -0.39 is 5.97 Å². The van der Waals surface area contributed by atoms with Crippen molar-refractivity contribution < 1.29 is 14.6 Å². The van der Waals surface area contributed by atoms with E-state index in [0.29, 0.717) is 18.5 Å². The summed E-state index contributed by atoms with van der Waals surface area (Å²) in [6, 6.07) is 13.5. The summed E-state index contributed by atoms with van der Waals surface area (Å²) in [5, 5.41) is 12.7. The lowest BCUT2D eigenvalue weighted by atomic mass is 10.2. The van der Waals surface area contributed by atoms with Gasteiger partial charge in [-0.25, -0.2) is 9.78 Å². The van der Waals surface area contributed by atoms with Crippen LogP contribution in [-0.4, -0.2) is 60.5 Å². The Morgan fingerprint density at radius 3 is 2.71 bits per heavy atom. The first kappa shape index (κ1) is 18.5. The van der Waals surface area contributed by atoms with Gasteiger partial charge in [0.05, 0.1) is 23.2 Å². The zero-order chi connectivity index (χ0) is 19.5. The van der Waals surface area contributed by atoms with Crippen molar-refractivity contribution in [2.75, 3.05) is 44.8 Å². The number of carbonyl (C=O) groups is 1. The van der Waals surface area contributed by atoms with Crippen molar-refractivity contribution in [2.24, 2.45) is 0 Å². The number of piperazine rings is 1. The normalized spacial score (nSPS) is 14.5. The van der Waals surface area contributed by atoms with Crippen LogP contribution in [0.1, 0.15) is 16.2 Å². The molecular weight excluding hydrogens is 356 g/mol. The Morgan fingerprint density at radius 2 is 1.96 bits per heavy atom. The topological polar surface area (TPSA) is 79.6 Å². The van der Waals surface area contributed by atoms with Gasteiger partial charge in [-0.1, -0.05) is 6.07 Å². The lowest BCUT2D eigenvalue weighted by molar-refractivity contribution is 0.0697. The zero-order valence-corrected chi connectivity index (χ0v) is 15.9. The van der Waals surface area contributed by atoms with Crippen molar-refractivity contribution in [3.63, 3.8) is 0 Å². The molecule has 2 N–H and O–H groups in total. The Hall–Kier alpha value is -2.90. The number of nitrogens with zero attached hydrogens (tertiary/aromatic N) is 3. The molecule has 0 saturated carbocycles. The Bertz CT molecular complexity index is 992. The molecule has 4 rings (SSSR count). The summed E-state index contributed by atoms with van der Waals surface area (Å²) in [5.41, 5.74) is 4.02. The molecule has 0 unspecified atom stereocenters. The van der Waals surface area contributed by atoms with Gasteiger partial charge in [0.2, 0.25) is 0 Å². The summed E-state index contributed by atoms with van der Waals surface area (Å²) in [6.45, 7) is 4.47. The fourth-order valence-corrected chi connectivity index (χ4v) is 3.66. The SMILES string of the molecule is COCCc1nc2cc(C(=O)O)ccc2n1-c1cccc(N2CCNCC2)c1. The lowest BCUT2D eigenvalue weighted by Crippen LogP contribution is -2.43. The lowest BCUT2D eigenvalue weighted by Gasteiger charge is -2.29. The van der Waals surface area contributed by atoms with Crippen LogP contribution in [0.4, 0.5) is 5.69 Å². The van der Waals surface area contributed by atoms with Gasteiger partial charge in [-0.15, -0.1) is 0 Å². The molecule has 28 heavy (non-hydrogen) atoms. The van der Waals surface area contributed by atoms with Gasteiger partial charge in [-0.05, 0) is 36.4 Å². The van der Waals surface area contributed by atoms with E-state index in [4.69, 9.17) is 9.72 Å². The van der Waals surface area contributed by atoms with Gasteiger partial charge < -0.3 is 20.1 Å². The first-order valence-corrected chi connectivity index (χ1v) is 9.47. The van der Waals surface area contributed by atoms with Crippen LogP contribution in [0.25, 0.3) is 16.7 Å². The van der Waals surface area contributed by atoms with Crippen molar-refractivity contribution in [3.8, 4) is 5.69 Å². The van der Waals surface area contributed by atoms with Crippen LogP contribution < -0.4 is 10.2 Å². The number of hydrogen-bond donors (Lipinski definition) is 2. The van der Waals surface area contributed by atoms with Crippen molar-refractivity contribution in [2.45, 2.75) is 6.42 Å². The highest BCUT2D eigenvalue weighted by Gasteiger charge is 2.16. The largest absolute Gasteiger partial charge is 0.478 e. The molecule has 1 aliphatic heterocycles. The van der Waals surface area contributed by atoms with Gasteiger partial charge in [0.15, 0.2) is 0 Å². The smallest absolute Gasteiger partial charge is 0.335 e. The fraction of sp³-hybridized carbons (Fsp3) is 0.333. The van der Waals surface area contributed by atoms with Crippen molar-refractivity contribution in [1.82, 2.24) is 14.9 Å². The molecule has 1 aliphatic rings. The van der Waals surface area contributed by atoms with Crippen molar-refractivity contribution in [1.29, 1.82) is 0 Å². The molecule has 0 radical (unpaired) electrons. The van der Waals surface area contributed by atoms with E-state index in [9.17, 15) is 9.90 Å². The van der Waals surface area contributed by atoms with Crippen LogP contribution >= 0.6 is 0 Å². The number of imidazole rings is 1. The zero-order valence-electron chi connectivity index (χ0n) is 15.9. The highest BCUT2D eigenvalue weighted by Crippen LogP contribution is 2.26. The second-order valence-electron chi connectivity index (χ2n) is 6.87. The minimum absolute atomic E-state index is 0.241. The van der Waals surface area contributed by atoms with Gasteiger partial charge in [-0.2, -0.15) is 0 Å². The molecule has 1 fully saturated rings. The van der Waals surface area contributed by atoms with Gasteiger partial charge in [0.25, 0.3) is 0 Å². The highest BCUT2D eigenvalue weighted by molar-refractivity contribution is 5.93. The van der Waals surface area contributed by atoms with Gasteiger partial charge in [-0.3, -0.25) is 4.57 Å². The molecule has 0 atom stereocenters. The molecule has 2 aromatic carbocycles. The maximum atomic E-state index is 11.3. The number of carboxylic acids is 1. The summed E-state index contributed by atoms with van der Waals surface area (Å²) in [5.74, 6) is -0.0903. The molecule has 0 spiro atoms. The number of hydrogen-bond acceptors (Lipinski definition) is 5. The van der Waals surface area contributed by atoms with Gasteiger partial charge in [0, 0.05) is 51.1 Å². The number of aromatic nitrogens is 2. The van der Waals surface area contributed by atoms with Crippen LogP contribution in [0, 0.1) is 0 Å². The van der Waals surface area contributed by atoms with E-state index in [-0.39, 0.29) is 5.56 Å². The van der Waals surface area contributed by atoms with Crippen LogP contribution in [0.5, 0.6) is 0 Å². The van der Waals surface area contributed by atoms with Crippen molar-refractivity contribution in [3.05, 3.63) is 53.9 Å². The van der Waals surface area contributed by atoms with Crippen LogP contribution in [0.15, 0.2) is 42.5 Å². The highest BCUT2D eigenvalue weighted by atomic mass is 16.5. The maximum Gasteiger partial charge on any atom is 0.335 e. The molecule has 3 aromatic rings. The van der Waals surface area contributed by atoms with Gasteiger partial charge >= 0.3 is 5.97 Å². The molecule has 0 amide bonds. The second-order valence-corrected chi connectivity index (χ2v) is 6.87. The van der Waals surface area contributed by atoms with Crippen LogP contribution in [0.3, 0.4) is 0 Å². The molecular formula is C21H24N4O3. The second kappa shape index (κ2) is 8.00. The van der Waals surface area contributed by atoms with E-state index in [1.165, 1.54) is 5.69 Å². The fourth-order valence-electron chi connectivity index (χ4n) is 3.66. The molecule has 146 valence electrons. The third-order valence-corrected chi connectivity index (χ3v) is 5.07.